The summed E-state index contributed by atoms with van der Waals surface area (Å²) in [6.45, 7) is 1.92. The molecule has 2 N–H and O–H groups in total. The van der Waals surface area contributed by atoms with Crippen molar-refractivity contribution in [2.75, 3.05) is 18.0 Å². The van der Waals surface area contributed by atoms with Gasteiger partial charge in [0.05, 0.1) is 12.1 Å². The summed E-state index contributed by atoms with van der Waals surface area (Å²) in [6, 6.07) is 10.2. The van der Waals surface area contributed by atoms with Gasteiger partial charge in [-0.15, -0.1) is 0 Å². The van der Waals surface area contributed by atoms with E-state index in [-0.39, 0.29) is 12.0 Å². The van der Waals surface area contributed by atoms with E-state index in [0.717, 1.165) is 36.5 Å². The minimum absolute atomic E-state index is 0.111. The summed E-state index contributed by atoms with van der Waals surface area (Å²) < 4.78 is 43.3. The Hall–Kier alpha value is -2.28. The largest absolute Gasteiger partial charge is 0.472 e. The second-order valence-electron chi connectivity index (χ2n) is 5.69. The lowest BCUT2D eigenvalue weighted by Crippen LogP contribution is -2.26. The van der Waals surface area contributed by atoms with Crippen molar-refractivity contribution in [2.24, 2.45) is 5.73 Å². The molecule has 1 aliphatic heterocycles. The molecule has 4 nitrogen and oxygen atoms in total. The summed E-state index contributed by atoms with van der Waals surface area (Å²) in [5, 5.41) is 0. The minimum atomic E-state index is -4.39. The molecule has 1 saturated heterocycles. The van der Waals surface area contributed by atoms with Crippen molar-refractivity contribution in [3.8, 4) is 5.88 Å². The Bertz CT molecular complexity index is 688. The summed E-state index contributed by atoms with van der Waals surface area (Å²) >= 11 is 0. The molecule has 0 amide bonds. The molecule has 1 aliphatic rings. The fourth-order valence-electron chi connectivity index (χ4n) is 2.82. The highest BCUT2D eigenvalue weighted by atomic mass is 19.4. The highest BCUT2D eigenvalue weighted by Gasteiger charge is 2.31. The number of rotatable bonds is 4. The molecule has 2 heterocycles. The van der Waals surface area contributed by atoms with Gasteiger partial charge in [0.25, 0.3) is 0 Å². The standard InChI is InChI=1S/C17H18F3N3O/c18-17(19,20)13-5-6-16(22-10-13)24-14-7-8-23(11-14)15-4-2-1-3-12(15)9-21/h1-6,10,14H,7-9,11,21H2/t14-/m1/s1. The van der Waals surface area contributed by atoms with Crippen molar-refractivity contribution in [3.63, 3.8) is 0 Å². The van der Waals surface area contributed by atoms with Gasteiger partial charge in [-0.3, -0.25) is 0 Å². The average molecular weight is 337 g/mol. The van der Waals surface area contributed by atoms with Crippen LogP contribution in [-0.2, 0) is 12.7 Å². The monoisotopic (exact) mass is 337 g/mol. The van der Waals surface area contributed by atoms with Gasteiger partial charge in [0.2, 0.25) is 5.88 Å². The summed E-state index contributed by atoms with van der Waals surface area (Å²) in [5.74, 6) is 0.210. The number of para-hydroxylation sites is 1. The number of pyridine rings is 1. The first kappa shape index (κ1) is 16.6. The van der Waals surface area contributed by atoms with Crippen molar-refractivity contribution in [3.05, 3.63) is 53.7 Å². The third-order valence-electron chi connectivity index (χ3n) is 4.05. The van der Waals surface area contributed by atoms with Crippen LogP contribution in [0, 0.1) is 0 Å². The Morgan fingerprint density at radius 3 is 2.67 bits per heavy atom. The number of hydrogen-bond donors (Lipinski definition) is 1. The topological polar surface area (TPSA) is 51.4 Å². The fourth-order valence-corrected chi connectivity index (χ4v) is 2.82. The lowest BCUT2D eigenvalue weighted by Gasteiger charge is -2.21. The Morgan fingerprint density at radius 1 is 1.21 bits per heavy atom. The molecule has 24 heavy (non-hydrogen) atoms. The van der Waals surface area contributed by atoms with Crippen molar-refractivity contribution < 1.29 is 17.9 Å². The van der Waals surface area contributed by atoms with Crippen LogP contribution in [0.3, 0.4) is 0 Å². The molecule has 2 aromatic rings. The van der Waals surface area contributed by atoms with Crippen LogP contribution in [0.25, 0.3) is 0 Å². The van der Waals surface area contributed by atoms with Crippen LogP contribution in [0.2, 0.25) is 0 Å². The molecule has 1 aromatic heterocycles. The molecule has 7 heteroatoms. The van der Waals surface area contributed by atoms with Crippen LogP contribution in [0.15, 0.2) is 42.6 Å². The van der Waals surface area contributed by atoms with Gasteiger partial charge in [0.1, 0.15) is 6.10 Å². The Kier molecular flexibility index (Phi) is 4.62. The molecule has 1 fully saturated rings. The van der Waals surface area contributed by atoms with Crippen LogP contribution in [0.1, 0.15) is 17.5 Å². The van der Waals surface area contributed by atoms with Crippen LogP contribution in [0.5, 0.6) is 5.88 Å². The summed E-state index contributed by atoms with van der Waals surface area (Å²) in [7, 11) is 0. The van der Waals surface area contributed by atoms with Gasteiger partial charge in [0.15, 0.2) is 0 Å². The molecule has 0 unspecified atom stereocenters. The Morgan fingerprint density at radius 2 is 2.00 bits per heavy atom. The number of halogens is 3. The number of anilines is 1. The maximum atomic E-state index is 12.5. The molecule has 1 atom stereocenters. The number of aromatic nitrogens is 1. The lowest BCUT2D eigenvalue weighted by atomic mass is 10.1. The van der Waals surface area contributed by atoms with Gasteiger partial charge in [0, 0.05) is 37.5 Å². The highest BCUT2D eigenvalue weighted by molar-refractivity contribution is 5.54. The van der Waals surface area contributed by atoms with Gasteiger partial charge in [-0.25, -0.2) is 4.98 Å². The number of hydrogen-bond acceptors (Lipinski definition) is 4. The quantitative estimate of drug-likeness (QED) is 0.931. The third-order valence-corrected chi connectivity index (χ3v) is 4.05. The van der Waals surface area contributed by atoms with Gasteiger partial charge >= 0.3 is 6.18 Å². The maximum Gasteiger partial charge on any atom is 0.417 e. The van der Waals surface area contributed by atoms with Crippen molar-refractivity contribution in [1.82, 2.24) is 4.98 Å². The number of nitrogens with zero attached hydrogens (tertiary/aromatic N) is 2. The molecule has 0 aliphatic carbocycles. The predicted molar refractivity (Wildman–Crippen MR) is 84.8 cm³/mol. The van der Waals surface area contributed by atoms with E-state index in [4.69, 9.17) is 10.5 Å². The van der Waals surface area contributed by atoms with E-state index in [0.29, 0.717) is 13.1 Å². The van der Waals surface area contributed by atoms with Crippen molar-refractivity contribution in [1.29, 1.82) is 0 Å². The molecule has 0 spiro atoms. The second kappa shape index (κ2) is 6.68. The molecule has 0 saturated carbocycles. The third kappa shape index (κ3) is 3.62. The van der Waals surface area contributed by atoms with Crippen LogP contribution < -0.4 is 15.4 Å². The van der Waals surface area contributed by atoms with Crippen molar-refractivity contribution >= 4 is 5.69 Å². The minimum Gasteiger partial charge on any atom is -0.472 e. The Labute approximate surface area is 138 Å². The molecule has 128 valence electrons. The number of benzene rings is 1. The normalized spacial score (nSPS) is 18.0. The average Bonchev–Trinajstić information content (AvgIpc) is 3.03. The number of ether oxygens (including phenoxy) is 1. The second-order valence-corrected chi connectivity index (χ2v) is 5.69. The first-order valence-corrected chi connectivity index (χ1v) is 7.70. The van der Waals surface area contributed by atoms with Gasteiger partial charge in [-0.2, -0.15) is 13.2 Å². The zero-order valence-electron chi connectivity index (χ0n) is 13.0. The van der Waals surface area contributed by atoms with E-state index < -0.39 is 11.7 Å². The molecule has 3 rings (SSSR count). The van der Waals surface area contributed by atoms with E-state index >= 15 is 0 Å². The highest BCUT2D eigenvalue weighted by Crippen LogP contribution is 2.30. The molecular formula is C17H18F3N3O. The van der Waals surface area contributed by atoms with Gasteiger partial charge < -0.3 is 15.4 Å². The van der Waals surface area contributed by atoms with E-state index in [9.17, 15) is 13.2 Å². The van der Waals surface area contributed by atoms with E-state index in [2.05, 4.69) is 9.88 Å². The van der Waals surface area contributed by atoms with E-state index in [1.54, 1.807) is 0 Å². The zero-order valence-corrected chi connectivity index (χ0v) is 13.0. The number of alkyl halides is 3. The van der Waals surface area contributed by atoms with Crippen LogP contribution in [0.4, 0.5) is 18.9 Å². The smallest absolute Gasteiger partial charge is 0.417 e. The van der Waals surface area contributed by atoms with Crippen molar-refractivity contribution in [2.45, 2.75) is 25.2 Å². The van der Waals surface area contributed by atoms with E-state index in [1.807, 2.05) is 24.3 Å². The van der Waals surface area contributed by atoms with Crippen LogP contribution >= 0.6 is 0 Å². The molecule has 0 radical (unpaired) electrons. The maximum absolute atomic E-state index is 12.5. The SMILES string of the molecule is NCc1ccccc1N1CC[C@@H](Oc2ccc(C(F)(F)F)cn2)C1. The summed E-state index contributed by atoms with van der Waals surface area (Å²) in [5.41, 5.74) is 7.12. The summed E-state index contributed by atoms with van der Waals surface area (Å²) in [6.07, 6.45) is -2.92. The van der Waals surface area contributed by atoms with Gasteiger partial charge in [-0.1, -0.05) is 18.2 Å². The molecule has 1 aromatic carbocycles. The molecule has 0 bridgehead atoms. The first-order valence-electron chi connectivity index (χ1n) is 7.70. The first-order chi connectivity index (χ1) is 11.5. The predicted octanol–water partition coefficient (Wildman–Crippen LogP) is 3.22. The lowest BCUT2D eigenvalue weighted by molar-refractivity contribution is -0.137. The summed E-state index contributed by atoms with van der Waals surface area (Å²) in [4.78, 5) is 5.94. The van der Waals surface area contributed by atoms with Crippen LogP contribution in [-0.4, -0.2) is 24.2 Å². The molecular weight excluding hydrogens is 319 g/mol. The number of nitrogens with two attached hydrogens (primary N) is 1. The van der Waals surface area contributed by atoms with E-state index in [1.165, 1.54) is 6.07 Å². The van der Waals surface area contributed by atoms with Gasteiger partial charge in [-0.05, 0) is 17.7 Å². The fraction of sp³-hybridized carbons (Fsp3) is 0.353. The Balaban J connectivity index is 1.64. The zero-order chi connectivity index (χ0) is 17.2.